The molecule has 0 saturated heterocycles. The third kappa shape index (κ3) is 3.81. The Hall–Kier alpha value is -2.66. The van der Waals surface area contributed by atoms with E-state index in [-0.39, 0.29) is 5.91 Å². The molecule has 0 radical (unpaired) electrons. The van der Waals surface area contributed by atoms with E-state index in [0.717, 1.165) is 11.1 Å². The molecule has 24 heavy (non-hydrogen) atoms. The fraction of sp³-hybridized carbons (Fsp3) is 0.167. The van der Waals surface area contributed by atoms with Crippen molar-refractivity contribution in [2.75, 3.05) is 6.54 Å². The van der Waals surface area contributed by atoms with Crippen molar-refractivity contribution in [1.82, 2.24) is 15.5 Å². The van der Waals surface area contributed by atoms with Crippen molar-refractivity contribution in [2.45, 2.75) is 13.3 Å². The molecule has 3 aromatic rings. The van der Waals surface area contributed by atoms with Gasteiger partial charge >= 0.3 is 0 Å². The molecule has 3 rings (SSSR count). The van der Waals surface area contributed by atoms with Crippen LogP contribution in [-0.4, -0.2) is 22.6 Å². The molecule has 0 aliphatic rings. The zero-order chi connectivity index (χ0) is 16.9. The van der Waals surface area contributed by atoms with Gasteiger partial charge in [0, 0.05) is 18.5 Å². The van der Waals surface area contributed by atoms with E-state index in [9.17, 15) is 4.79 Å². The summed E-state index contributed by atoms with van der Waals surface area (Å²) in [6.07, 6.45) is 0.453. The molecular formula is C18H16ClN3O2. The summed E-state index contributed by atoms with van der Waals surface area (Å²) in [5.41, 5.74) is 2.46. The molecule has 5 nitrogen and oxygen atoms in total. The predicted molar refractivity (Wildman–Crippen MR) is 92.0 cm³/mol. The maximum absolute atomic E-state index is 12.1. The quantitative estimate of drug-likeness (QED) is 0.768. The highest BCUT2D eigenvalue weighted by atomic mass is 35.5. The molecule has 0 aliphatic carbocycles. The lowest BCUT2D eigenvalue weighted by molar-refractivity contribution is 0.0954. The minimum Gasteiger partial charge on any atom is -0.421 e. The number of amides is 1. The van der Waals surface area contributed by atoms with Gasteiger partial charge in [0.25, 0.3) is 5.91 Å². The molecule has 0 atom stereocenters. The summed E-state index contributed by atoms with van der Waals surface area (Å²) in [4.78, 5) is 12.1. The smallest absolute Gasteiger partial charge is 0.252 e. The third-order valence-corrected chi connectivity index (χ3v) is 3.80. The Bertz CT molecular complexity index is 861. The number of nitrogens with zero attached hydrogens (tertiary/aromatic N) is 2. The van der Waals surface area contributed by atoms with Crippen LogP contribution in [0.3, 0.4) is 0 Å². The van der Waals surface area contributed by atoms with Gasteiger partial charge in [0.15, 0.2) is 0 Å². The van der Waals surface area contributed by atoms with E-state index in [1.807, 2.05) is 31.2 Å². The standard InChI is InChI=1S/C18H16ClN3O2/c1-12-5-4-6-13(11-12)18-22-21-16(24-18)9-10-20-17(23)14-7-2-3-8-15(14)19/h2-8,11H,9-10H2,1H3,(H,20,23). The van der Waals surface area contributed by atoms with Crippen LogP contribution in [0, 0.1) is 6.92 Å². The lowest BCUT2D eigenvalue weighted by Crippen LogP contribution is -2.26. The molecule has 0 saturated carbocycles. The molecule has 1 aromatic heterocycles. The molecule has 6 heteroatoms. The number of hydrogen-bond donors (Lipinski definition) is 1. The summed E-state index contributed by atoms with van der Waals surface area (Å²) in [6, 6.07) is 14.8. The molecular weight excluding hydrogens is 326 g/mol. The number of benzene rings is 2. The number of carbonyl (C=O) groups is 1. The van der Waals surface area contributed by atoms with Crippen molar-refractivity contribution < 1.29 is 9.21 Å². The fourth-order valence-corrected chi connectivity index (χ4v) is 2.49. The largest absolute Gasteiger partial charge is 0.421 e. The highest BCUT2D eigenvalue weighted by Crippen LogP contribution is 2.19. The molecule has 0 aliphatic heterocycles. The number of aromatic nitrogens is 2. The first-order valence-corrected chi connectivity index (χ1v) is 7.93. The number of hydrogen-bond acceptors (Lipinski definition) is 4. The van der Waals surface area contributed by atoms with Gasteiger partial charge in [-0.05, 0) is 31.2 Å². The van der Waals surface area contributed by atoms with Crippen molar-refractivity contribution >= 4 is 17.5 Å². The first-order valence-electron chi connectivity index (χ1n) is 7.55. The molecule has 122 valence electrons. The Kier molecular flexibility index (Phi) is 4.91. The third-order valence-electron chi connectivity index (χ3n) is 3.47. The van der Waals surface area contributed by atoms with E-state index in [2.05, 4.69) is 15.5 Å². The molecule has 0 bridgehead atoms. The lowest BCUT2D eigenvalue weighted by Gasteiger charge is -2.04. The van der Waals surface area contributed by atoms with Gasteiger partial charge in [-0.2, -0.15) is 0 Å². The minimum absolute atomic E-state index is 0.223. The van der Waals surface area contributed by atoms with Crippen molar-refractivity contribution in [3.63, 3.8) is 0 Å². The summed E-state index contributed by atoms with van der Waals surface area (Å²) < 4.78 is 5.64. The Balaban J connectivity index is 1.58. The van der Waals surface area contributed by atoms with E-state index in [0.29, 0.717) is 35.3 Å². The lowest BCUT2D eigenvalue weighted by atomic mass is 10.1. The zero-order valence-electron chi connectivity index (χ0n) is 13.1. The van der Waals surface area contributed by atoms with E-state index in [4.69, 9.17) is 16.0 Å². The number of nitrogens with one attached hydrogen (secondary N) is 1. The Morgan fingerprint density at radius 2 is 2.00 bits per heavy atom. The first-order chi connectivity index (χ1) is 11.6. The Labute approximate surface area is 144 Å². The number of rotatable bonds is 5. The van der Waals surface area contributed by atoms with Gasteiger partial charge in [0.1, 0.15) is 0 Å². The van der Waals surface area contributed by atoms with Gasteiger partial charge < -0.3 is 9.73 Å². The van der Waals surface area contributed by atoms with Crippen LogP contribution in [0.1, 0.15) is 21.8 Å². The summed E-state index contributed by atoms with van der Waals surface area (Å²) in [7, 11) is 0. The monoisotopic (exact) mass is 341 g/mol. The number of aryl methyl sites for hydroxylation is 1. The van der Waals surface area contributed by atoms with Gasteiger partial charge in [0.2, 0.25) is 11.8 Å². The second-order valence-corrected chi connectivity index (χ2v) is 5.76. The van der Waals surface area contributed by atoms with Crippen molar-refractivity contribution in [2.24, 2.45) is 0 Å². The summed E-state index contributed by atoms with van der Waals surface area (Å²) in [5, 5.41) is 11.3. The molecule has 0 spiro atoms. The molecule has 1 heterocycles. The van der Waals surface area contributed by atoms with E-state index < -0.39 is 0 Å². The molecule has 2 aromatic carbocycles. The molecule has 0 unspecified atom stereocenters. The van der Waals surface area contributed by atoms with Gasteiger partial charge in [-0.3, -0.25) is 4.79 Å². The highest BCUT2D eigenvalue weighted by Gasteiger charge is 2.11. The van der Waals surface area contributed by atoms with Gasteiger partial charge in [-0.1, -0.05) is 41.4 Å². The zero-order valence-corrected chi connectivity index (χ0v) is 13.9. The number of halogens is 1. The second-order valence-electron chi connectivity index (χ2n) is 5.36. The SMILES string of the molecule is Cc1cccc(-c2nnc(CCNC(=O)c3ccccc3Cl)o2)c1. The van der Waals surface area contributed by atoms with Gasteiger partial charge in [-0.25, -0.2) is 0 Å². The Morgan fingerprint density at radius 3 is 2.79 bits per heavy atom. The minimum atomic E-state index is -0.223. The van der Waals surface area contributed by atoms with Crippen LogP contribution in [0.2, 0.25) is 5.02 Å². The molecule has 1 N–H and O–H groups in total. The summed E-state index contributed by atoms with van der Waals surface area (Å²) in [5.74, 6) is 0.733. The van der Waals surface area contributed by atoms with Crippen molar-refractivity contribution in [3.8, 4) is 11.5 Å². The van der Waals surface area contributed by atoms with Crippen LogP contribution >= 0.6 is 11.6 Å². The normalized spacial score (nSPS) is 10.6. The van der Waals surface area contributed by atoms with Crippen LogP contribution in [-0.2, 0) is 6.42 Å². The van der Waals surface area contributed by atoms with E-state index in [1.165, 1.54) is 0 Å². The highest BCUT2D eigenvalue weighted by molar-refractivity contribution is 6.33. The van der Waals surface area contributed by atoms with Crippen molar-refractivity contribution in [1.29, 1.82) is 0 Å². The maximum Gasteiger partial charge on any atom is 0.252 e. The average Bonchev–Trinajstić information content (AvgIpc) is 3.04. The molecule has 1 amide bonds. The maximum atomic E-state index is 12.1. The van der Waals surface area contributed by atoms with Gasteiger partial charge in [0.05, 0.1) is 10.6 Å². The van der Waals surface area contributed by atoms with Crippen LogP contribution in [0.25, 0.3) is 11.5 Å². The second kappa shape index (κ2) is 7.27. The van der Waals surface area contributed by atoms with Crippen LogP contribution in [0.5, 0.6) is 0 Å². The summed E-state index contributed by atoms with van der Waals surface area (Å²) in [6.45, 7) is 2.39. The molecule has 0 fully saturated rings. The predicted octanol–water partition coefficient (Wildman–Crippen LogP) is 3.67. The fourth-order valence-electron chi connectivity index (χ4n) is 2.27. The van der Waals surface area contributed by atoms with Crippen molar-refractivity contribution in [3.05, 3.63) is 70.6 Å². The van der Waals surface area contributed by atoms with Crippen LogP contribution in [0.15, 0.2) is 52.9 Å². The number of carbonyl (C=O) groups excluding carboxylic acids is 1. The summed E-state index contributed by atoms with van der Waals surface area (Å²) >= 11 is 6.00. The van der Waals surface area contributed by atoms with Crippen LogP contribution in [0.4, 0.5) is 0 Å². The van der Waals surface area contributed by atoms with E-state index >= 15 is 0 Å². The topological polar surface area (TPSA) is 68.0 Å². The first kappa shape index (κ1) is 16.2. The Morgan fingerprint density at radius 1 is 1.17 bits per heavy atom. The van der Waals surface area contributed by atoms with E-state index in [1.54, 1.807) is 24.3 Å². The van der Waals surface area contributed by atoms with Gasteiger partial charge in [-0.15, -0.1) is 10.2 Å². The van der Waals surface area contributed by atoms with Crippen LogP contribution < -0.4 is 5.32 Å². The average molecular weight is 342 g/mol.